The molecule has 0 unspecified atom stereocenters. The molecule has 154 valence electrons. The van der Waals surface area contributed by atoms with Crippen LogP contribution in [0.5, 0.6) is 0 Å². The topological polar surface area (TPSA) is 61.7 Å². The van der Waals surface area contributed by atoms with Gasteiger partial charge in [0.1, 0.15) is 0 Å². The summed E-state index contributed by atoms with van der Waals surface area (Å²) in [5.74, 6) is 0.383. The maximum atomic E-state index is 13.1. The van der Waals surface area contributed by atoms with Crippen molar-refractivity contribution in [3.8, 4) is 0 Å². The van der Waals surface area contributed by atoms with Gasteiger partial charge in [-0.3, -0.25) is 19.2 Å². The van der Waals surface area contributed by atoms with Crippen LogP contribution in [0.15, 0.2) is 42.7 Å². The highest BCUT2D eigenvalue weighted by Crippen LogP contribution is 2.24. The Morgan fingerprint density at radius 2 is 1.86 bits per heavy atom. The number of carbonyl (C=O) groups excluding carboxylic acids is 2. The highest BCUT2D eigenvalue weighted by Gasteiger charge is 2.35. The Morgan fingerprint density at radius 3 is 2.55 bits per heavy atom. The van der Waals surface area contributed by atoms with Crippen LogP contribution < -0.4 is 4.90 Å². The van der Waals surface area contributed by atoms with Crippen LogP contribution in [0, 0.1) is 0 Å². The van der Waals surface area contributed by atoms with E-state index in [2.05, 4.69) is 10.00 Å². The molecule has 7 nitrogen and oxygen atoms in total. The zero-order valence-electron chi connectivity index (χ0n) is 17.0. The van der Waals surface area contributed by atoms with Crippen molar-refractivity contribution in [1.82, 2.24) is 19.6 Å². The first-order chi connectivity index (χ1) is 14.1. The van der Waals surface area contributed by atoms with Gasteiger partial charge in [-0.1, -0.05) is 18.2 Å². The number of para-hydroxylation sites is 1. The van der Waals surface area contributed by atoms with Crippen molar-refractivity contribution in [2.45, 2.75) is 31.7 Å². The minimum atomic E-state index is -0.0726. The van der Waals surface area contributed by atoms with Gasteiger partial charge in [0.15, 0.2) is 0 Å². The summed E-state index contributed by atoms with van der Waals surface area (Å²) in [6.07, 6.45) is 6.92. The highest BCUT2D eigenvalue weighted by atomic mass is 16.2. The molecule has 3 heterocycles. The number of nitrogens with zero attached hydrogens (tertiary/aromatic N) is 5. The number of benzene rings is 1. The molecule has 0 N–H and O–H groups in total. The Kier molecular flexibility index (Phi) is 5.94. The summed E-state index contributed by atoms with van der Waals surface area (Å²) in [6, 6.07) is 9.85. The molecule has 29 heavy (non-hydrogen) atoms. The van der Waals surface area contributed by atoms with Gasteiger partial charge >= 0.3 is 0 Å². The molecule has 2 saturated heterocycles. The van der Waals surface area contributed by atoms with E-state index < -0.39 is 0 Å². The largest absolute Gasteiger partial charge is 0.340 e. The monoisotopic (exact) mass is 395 g/mol. The van der Waals surface area contributed by atoms with Crippen molar-refractivity contribution in [2.75, 3.05) is 37.6 Å². The van der Waals surface area contributed by atoms with E-state index in [0.717, 1.165) is 50.1 Å². The van der Waals surface area contributed by atoms with E-state index >= 15 is 0 Å². The van der Waals surface area contributed by atoms with Crippen molar-refractivity contribution in [3.63, 3.8) is 0 Å². The number of aryl methyl sites for hydroxylation is 2. The molecule has 0 saturated carbocycles. The third kappa shape index (κ3) is 4.50. The lowest BCUT2D eigenvalue weighted by Crippen LogP contribution is -2.58. The molecule has 0 spiro atoms. The van der Waals surface area contributed by atoms with Gasteiger partial charge in [0, 0.05) is 58.1 Å². The molecule has 1 aromatic carbocycles. The van der Waals surface area contributed by atoms with Crippen molar-refractivity contribution in [2.24, 2.45) is 7.05 Å². The van der Waals surface area contributed by atoms with E-state index in [0.29, 0.717) is 19.5 Å². The molecule has 1 atom stereocenters. The summed E-state index contributed by atoms with van der Waals surface area (Å²) in [7, 11) is 1.88. The Bertz CT molecular complexity index is 842. The summed E-state index contributed by atoms with van der Waals surface area (Å²) in [5, 5.41) is 4.15. The molecule has 2 fully saturated rings. The molecule has 2 aliphatic rings. The molecule has 0 bridgehead atoms. The second-order valence-electron chi connectivity index (χ2n) is 7.92. The normalized spacial score (nSPS) is 20.9. The van der Waals surface area contributed by atoms with Gasteiger partial charge in [0.2, 0.25) is 11.8 Å². The molecule has 2 aromatic rings. The van der Waals surface area contributed by atoms with Crippen molar-refractivity contribution < 1.29 is 9.59 Å². The summed E-state index contributed by atoms with van der Waals surface area (Å²) in [5.41, 5.74) is 2.07. The highest BCUT2D eigenvalue weighted by molar-refractivity contribution is 5.97. The van der Waals surface area contributed by atoms with E-state index in [1.807, 2.05) is 59.6 Å². The zero-order valence-corrected chi connectivity index (χ0v) is 17.0. The summed E-state index contributed by atoms with van der Waals surface area (Å²) in [4.78, 5) is 31.8. The van der Waals surface area contributed by atoms with Gasteiger partial charge in [0.25, 0.3) is 0 Å². The Hall–Kier alpha value is -2.67. The fraction of sp³-hybridized carbons (Fsp3) is 0.500. The summed E-state index contributed by atoms with van der Waals surface area (Å²) >= 11 is 0. The van der Waals surface area contributed by atoms with Crippen molar-refractivity contribution in [3.05, 3.63) is 48.3 Å². The van der Waals surface area contributed by atoms with Gasteiger partial charge in [-0.2, -0.15) is 5.10 Å². The number of piperidine rings is 1. The molecule has 1 aromatic heterocycles. The Morgan fingerprint density at radius 1 is 1.10 bits per heavy atom. The maximum Gasteiger partial charge on any atom is 0.244 e. The van der Waals surface area contributed by atoms with Gasteiger partial charge in [-0.05, 0) is 37.0 Å². The van der Waals surface area contributed by atoms with Crippen LogP contribution in [0.3, 0.4) is 0 Å². The molecule has 0 aliphatic carbocycles. The maximum absolute atomic E-state index is 13.1. The van der Waals surface area contributed by atoms with Crippen LogP contribution in [0.1, 0.15) is 24.8 Å². The van der Waals surface area contributed by atoms with Crippen molar-refractivity contribution >= 4 is 17.5 Å². The smallest absolute Gasteiger partial charge is 0.244 e. The molecule has 7 heteroatoms. The van der Waals surface area contributed by atoms with E-state index in [4.69, 9.17) is 0 Å². The number of hydrogen-bond donors (Lipinski definition) is 0. The van der Waals surface area contributed by atoms with Gasteiger partial charge in [0.05, 0.1) is 12.2 Å². The van der Waals surface area contributed by atoms with Crippen LogP contribution in [-0.2, 0) is 23.1 Å². The average molecular weight is 396 g/mol. The fourth-order valence-electron chi connectivity index (χ4n) is 4.35. The number of carbonyl (C=O) groups is 2. The second-order valence-corrected chi connectivity index (χ2v) is 7.92. The van der Waals surface area contributed by atoms with E-state index in [-0.39, 0.29) is 17.9 Å². The molecular formula is C22H29N5O2. The van der Waals surface area contributed by atoms with E-state index in [9.17, 15) is 9.59 Å². The minimum absolute atomic E-state index is 0.0726. The first-order valence-corrected chi connectivity index (χ1v) is 10.5. The third-order valence-electron chi connectivity index (χ3n) is 5.97. The van der Waals surface area contributed by atoms with Gasteiger partial charge in [-0.15, -0.1) is 0 Å². The Labute approximate surface area is 171 Å². The summed E-state index contributed by atoms with van der Waals surface area (Å²) < 4.78 is 1.76. The minimum Gasteiger partial charge on any atom is -0.340 e. The lowest BCUT2D eigenvalue weighted by molar-refractivity contribution is -0.134. The molecule has 4 rings (SSSR count). The fourth-order valence-corrected chi connectivity index (χ4v) is 4.35. The quantitative estimate of drug-likeness (QED) is 0.773. The average Bonchev–Trinajstić information content (AvgIpc) is 3.18. The first-order valence-electron chi connectivity index (χ1n) is 10.5. The van der Waals surface area contributed by atoms with Gasteiger partial charge in [-0.25, -0.2) is 0 Å². The van der Waals surface area contributed by atoms with Crippen molar-refractivity contribution in [1.29, 1.82) is 0 Å². The van der Waals surface area contributed by atoms with Crippen LogP contribution in [0.2, 0.25) is 0 Å². The standard InChI is InChI=1S/C22H29N5O2/c1-24-17-18(16-23-24)9-10-21(28)26-14-12-25(13-15-26)20-8-5-11-27(22(20)29)19-6-3-2-4-7-19/h2-4,6-7,16-17,20H,5,8-15H2,1H3/t20-/m1/s1. The molecule has 2 amide bonds. The van der Waals surface area contributed by atoms with Crippen LogP contribution in [0.4, 0.5) is 5.69 Å². The van der Waals surface area contributed by atoms with Crippen LogP contribution in [-0.4, -0.2) is 70.2 Å². The SMILES string of the molecule is Cn1cc(CCC(=O)N2CCN([C@@H]3CCCN(c4ccccc4)C3=O)CC2)cn1. The number of rotatable bonds is 5. The number of hydrogen-bond acceptors (Lipinski definition) is 4. The predicted molar refractivity (Wildman–Crippen MR) is 111 cm³/mol. The number of amides is 2. The zero-order chi connectivity index (χ0) is 20.2. The first kappa shape index (κ1) is 19.6. The molecular weight excluding hydrogens is 366 g/mol. The predicted octanol–water partition coefficient (Wildman–Crippen LogP) is 1.69. The third-order valence-corrected chi connectivity index (χ3v) is 5.97. The number of piperazine rings is 1. The summed E-state index contributed by atoms with van der Waals surface area (Å²) in [6.45, 7) is 3.70. The lowest BCUT2D eigenvalue weighted by Gasteiger charge is -2.42. The van der Waals surface area contributed by atoms with Gasteiger partial charge < -0.3 is 9.80 Å². The molecule has 2 aliphatic heterocycles. The Balaban J connectivity index is 1.29. The lowest BCUT2D eigenvalue weighted by atomic mass is 10.0. The second kappa shape index (κ2) is 8.78. The number of anilines is 1. The van der Waals surface area contributed by atoms with Crippen LogP contribution >= 0.6 is 0 Å². The van der Waals surface area contributed by atoms with E-state index in [1.165, 1.54) is 0 Å². The number of aromatic nitrogens is 2. The molecule has 0 radical (unpaired) electrons. The van der Waals surface area contributed by atoms with E-state index in [1.54, 1.807) is 4.68 Å². The van der Waals surface area contributed by atoms with Crippen LogP contribution in [0.25, 0.3) is 0 Å².